The minimum absolute atomic E-state index is 0.158. The standard InChI is InChI=1S/C26H35N3O2/c1-20(2)19-31-25-10-8-21(9-11-25)16-28-17-22-6-4-5-7-23(22)18-29(26(28)30)24-12-14-27(3)15-13-24/h4-11,20,24H,12-19H2,1-3H3. The van der Waals surface area contributed by atoms with Crippen molar-refractivity contribution in [1.82, 2.24) is 14.7 Å². The molecular formula is C26H35N3O2. The summed E-state index contributed by atoms with van der Waals surface area (Å²) in [6.45, 7) is 9.08. The normalized spacial score (nSPS) is 18.3. The molecule has 4 rings (SSSR count). The molecule has 0 aliphatic carbocycles. The van der Waals surface area contributed by atoms with E-state index >= 15 is 0 Å². The lowest BCUT2D eigenvalue weighted by Crippen LogP contribution is -2.49. The molecule has 0 radical (unpaired) electrons. The zero-order chi connectivity index (χ0) is 21.8. The summed E-state index contributed by atoms with van der Waals surface area (Å²) in [4.78, 5) is 20.1. The highest BCUT2D eigenvalue weighted by molar-refractivity contribution is 5.75. The van der Waals surface area contributed by atoms with Crippen molar-refractivity contribution in [3.63, 3.8) is 0 Å². The molecule has 2 heterocycles. The molecular weight excluding hydrogens is 386 g/mol. The summed E-state index contributed by atoms with van der Waals surface area (Å²) in [6, 6.07) is 17.2. The van der Waals surface area contributed by atoms with Crippen LogP contribution in [0.1, 0.15) is 43.4 Å². The van der Waals surface area contributed by atoms with Gasteiger partial charge in [0.1, 0.15) is 5.75 Å². The number of hydrogen-bond donors (Lipinski definition) is 0. The van der Waals surface area contributed by atoms with Crippen LogP contribution in [0.25, 0.3) is 0 Å². The number of amides is 2. The van der Waals surface area contributed by atoms with E-state index in [1.54, 1.807) is 0 Å². The van der Waals surface area contributed by atoms with E-state index in [2.05, 4.69) is 67.1 Å². The molecule has 31 heavy (non-hydrogen) atoms. The summed E-state index contributed by atoms with van der Waals surface area (Å²) in [6.07, 6.45) is 2.08. The van der Waals surface area contributed by atoms with Crippen molar-refractivity contribution in [2.45, 2.75) is 52.4 Å². The minimum atomic E-state index is 0.158. The van der Waals surface area contributed by atoms with Gasteiger partial charge in [-0.15, -0.1) is 0 Å². The van der Waals surface area contributed by atoms with Crippen molar-refractivity contribution >= 4 is 6.03 Å². The van der Waals surface area contributed by atoms with Crippen molar-refractivity contribution in [2.75, 3.05) is 26.7 Å². The predicted molar refractivity (Wildman–Crippen MR) is 124 cm³/mol. The molecule has 0 aromatic heterocycles. The Morgan fingerprint density at radius 2 is 1.61 bits per heavy atom. The van der Waals surface area contributed by atoms with E-state index in [1.165, 1.54) is 11.1 Å². The van der Waals surface area contributed by atoms with Gasteiger partial charge in [0.05, 0.1) is 6.61 Å². The van der Waals surface area contributed by atoms with Crippen molar-refractivity contribution < 1.29 is 9.53 Å². The molecule has 1 fully saturated rings. The Labute approximate surface area is 186 Å². The van der Waals surface area contributed by atoms with Crippen LogP contribution in [0.5, 0.6) is 5.75 Å². The summed E-state index contributed by atoms with van der Waals surface area (Å²) in [5.74, 6) is 1.39. The SMILES string of the molecule is CC(C)COc1ccc(CN2Cc3ccccc3CN(C3CCN(C)CC3)C2=O)cc1. The van der Waals surface area contributed by atoms with Gasteiger partial charge in [-0.05, 0) is 67.7 Å². The molecule has 5 nitrogen and oxygen atoms in total. The van der Waals surface area contributed by atoms with Gasteiger partial charge in [0.2, 0.25) is 0 Å². The molecule has 2 amide bonds. The highest BCUT2D eigenvalue weighted by atomic mass is 16.5. The third-order valence-electron chi connectivity index (χ3n) is 6.35. The lowest BCUT2D eigenvalue weighted by atomic mass is 10.0. The van der Waals surface area contributed by atoms with Gasteiger partial charge in [0.25, 0.3) is 0 Å². The topological polar surface area (TPSA) is 36.0 Å². The smallest absolute Gasteiger partial charge is 0.321 e. The van der Waals surface area contributed by atoms with Gasteiger partial charge in [-0.2, -0.15) is 0 Å². The van der Waals surface area contributed by atoms with E-state index in [1.807, 2.05) is 17.0 Å². The first-order valence-corrected chi connectivity index (χ1v) is 11.5. The fraction of sp³-hybridized carbons (Fsp3) is 0.500. The molecule has 1 saturated heterocycles. The Morgan fingerprint density at radius 1 is 0.968 bits per heavy atom. The van der Waals surface area contributed by atoms with Crippen LogP contribution in [0.2, 0.25) is 0 Å². The largest absolute Gasteiger partial charge is 0.493 e. The fourth-order valence-corrected chi connectivity index (χ4v) is 4.46. The number of piperidine rings is 1. The molecule has 0 bridgehead atoms. The third-order valence-corrected chi connectivity index (χ3v) is 6.35. The first-order valence-electron chi connectivity index (χ1n) is 11.5. The predicted octanol–water partition coefficient (Wildman–Crippen LogP) is 4.75. The number of nitrogens with zero attached hydrogens (tertiary/aromatic N) is 3. The first-order chi connectivity index (χ1) is 15.0. The number of ether oxygens (including phenoxy) is 1. The maximum absolute atomic E-state index is 13.7. The molecule has 166 valence electrons. The molecule has 2 aromatic carbocycles. The lowest BCUT2D eigenvalue weighted by molar-refractivity contribution is 0.101. The molecule has 5 heteroatoms. The maximum Gasteiger partial charge on any atom is 0.321 e. The second kappa shape index (κ2) is 9.73. The van der Waals surface area contributed by atoms with Crippen LogP contribution in [0.15, 0.2) is 48.5 Å². The number of benzene rings is 2. The Bertz CT molecular complexity index is 872. The van der Waals surface area contributed by atoms with Gasteiger partial charge in [0, 0.05) is 25.7 Å². The number of rotatable bonds is 6. The number of likely N-dealkylation sites (tertiary alicyclic amines) is 1. The fourth-order valence-electron chi connectivity index (χ4n) is 4.46. The summed E-state index contributed by atoms with van der Waals surface area (Å²) in [7, 11) is 2.16. The Hall–Kier alpha value is -2.53. The van der Waals surface area contributed by atoms with Crippen LogP contribution >= 0.6 is 0 Å². The highest BCUT2D eigenvalue weighted by Gasteiger charge is 2.33. The van der Waals surface area contributed by atoms with E-state index in [-0.39, 0.29) is 6.03 Å². The van der Waals surface area contributed by atoms with Gasteiger partial charge < -0.3 is 19.4 Å². The van der Waals surface area contributed by atoms with Crippen molar-refractivity contribution in [3.8, 4) is 5.75 Å². The van der Waals surface area contributed by atoms with Crippen LogP contribution in [0.3, 0.4) is 0 Å². The quantitative estimate of drug-likeness (QED) is 0.675. The summed E-state index contributed by atoms with van der Waals surface area (Å²) in [5, 5.41) is 0. The second-order valence-electron chi connectivity index (χ2n) is 9.42. The number of carbonyl (C=O) groups is 1. The van der Waals surface area contributed by atoms with Gasteiger partial charge in [-0.3, -0.25) is 0 Å². The molecule has 0 unspecified atom stereocenters. The van der Waals surface area contributed by atoms with Crippen LogP contribution in [-0.2, 0) is 19.6 Å². The third kappa shape index (κ3) is 5.40. The van der Waals surface area contributed by atoms with E-state index < -0.39 is 0 Å². The Morgan fingerprint density at radius 3 is 2.26 bits per heavy atom. The summed E-state index contributed by atoms with van der Waals surface area (Å²) >= 11 is 0. The number of fused-ring (bicyclic) bond motifs is 1. The van der Waals surface area contributed by atoms with Gasteiger partial charge in [-0.25, -0.2) is 4.79 Å². The summed E-state index contributed by atoms with van der Waals surface area (Å²) < 4.78 is 5.81. The Balaban J connectivity index is 1.52. The minimum Gasteiger partial charge on any atom is -0.493 e. The molecule has 0 N–H and O–H groups in total. The van der Waals surface area contributed by atoms with Gasteiger partial charge in [-0.1, -0.05) is 50.2 Å². The van der Waals surface area contributed by atoms with E-state index in [0.29, 0.717) is 38.2 Å². The van der Waals surface area contributed by atoms with Crippen molar-refractivity contribution in [3.05, 3.63) is 65.2 Å². The molecule has 2 aliphatic heterocycles. The van der Waals surface area contributed by atoms with Crippen molar-refractivity contribution in [1.29, 1.82) is 0 Å². The van der Waals surface area contributed by atoms with Crippen LogP contribution < -0.4 is 4.74 Å². The first kappa shape index (κ1) is 21.7. The number of hydrogen-bond acceptors (Lipinski definition) is 3. The molecule has 2 aliphatic rings. The monoisotopic (exact) mass is 421 g/mol. The molecule has 2 aromatic rings. The van der Waals surface area contributed by atoms with Crippen LogP contribution in [0, 0.1) is 5.92 Å². The van der Waals surface area contributed by atoms with Crippen LogP contribution in [-0.4, -0.2) is 53.5 Å². The van der Waals surface area contributed by atoms with Gasteiger partial charge >= 0.3 is 6.03 Å². The van der Waals surface area contributed by atoms with Crippen molar-refractivity contribution in [2.24, 2.45) is 5.92 Å². The lowest BCUT2D eigenvalue weighted by Gasteiger charge is -2.38. The van der Waals surface area contributed by atoms with Crippen LogP contribution in [0.4, 0.5) is 4.79 Å². The maximum atomic E-state index is 13.7. The molecule has 0 atom stereocenters. The second-order valence-corrected chi connectivity index (χ2v) is 9.42. The van der Waals surface area contributed by atoms with E-state index in [4.69, 9.17) is 4.74 Å². The van der Waals surface area contributed by atoms with Gasteiger partial charge in [0.15, 0.2) is 0 Å². The zero-order valence-corrected chi connectivity index (χ0v) is 19.1. The summed E-state index contributed by atoms with van der Waals surface area (Å²) in [5.41, 5.74) is 3.66. The molecule has 0 saturated carbocycles. The average molecular weight is 422 g/mol. The number of carbonyl (C=O) groups excluding carboxylic acids is 1. The zero-order valence-electron chi connectivity index (χ0n) is 19.1. The highest BCUT2D eigenvalue weighted by Crippen LogP contribution is 2.27. The Kier molecular flexibility index (Phi) is 6.81. The number of urea groups is 1. The molecule has 0 spiro atoms. The van der Waals surface area contributed by atoms with E-state index in [0.717, 1.165) is 37.2 Å². The average Bonchev–Trinajstić information content (AvgIpc) is 2.91. The van der Waals surface area contributed by atoms with E-state index in [9.17, 15) is 4.79 Å².